The second kappa shape index (κ2) is 7.27. The van der Waals surface area contributed by atoms with Gasteiger partial charge >= 0.3 is 0 Å². The Hall–Kier alpha value is -3.29. The Balaban J connectivity index is 1.86. The quantitative estimate of drug-likeness (QED) is 0.472. The Kier molecular flexibility index (Phi) is 4.46. The zero-order chi connectivity index (χ0) is 19.8. The number of halogens is 1. The lowest BCUT2D eigenvalue weighted by atomic mass is 10.1. The molecule has 0 unspecified atom stereocenters. The number of furan rings is 1. The van der Waals surface area contributed by atoms with Crippen LogP contribution in [0.15, 0.2) is 59.5 Å². The highest BCUT2D eigenvalue weighted by Crippen LogP contribution is 2.38. The summed E-state index contributed by atoms with van der Waals surface area (Å²) in [7, 11) is 0. The topological polar surface area (TPSA) is 95.7 Å². The van der Waals surface area contributed by atoms with Crippen molar-refractivity contribution >= 4 is 33.5 Å². The monoisotopic (exact) mass is 404 g/mol. The van der Waals surface area contributed by atoms with E-state index in [9.17, 15) is 0 Å². The van der Waals surface area contributed by atoms with Crippen LogP contribution < -0.4 is 5.73 Å². The number of benzene rings is 1. The Morgan fingerprint density at radius 2 is 1.90 bits per heavy atom. The number of pyridine rings is 1. The third kappa shape index (κ3) is 2.95. The van der Waals surface area contributed by atoms with Crippen molar-refractivity contribution in [3.63, 3.8) is 0 Å². The summed E-state index contributed by atoms with van der Waals surface area (Å²) in [5.41, 5.74) is 8.86. The van der Waals surface area contributed by atoms with Gasteiger partial charge in [-0.05, 0) is 37.6 Å². The molecule has 1 aromatic carbocycles. The number of fused-ring (bicyclic) bond motifs is 2. The summed E-state index contributed by atoms with van der Waals surface area (Å²) in [5.74, 6) is 0.987. The third-order valence-corrected chi connectivity index (χ3v) is 5.10. The number of rotatable bonds is 5. The van der Waals surface area contributed by atoms with Gasteiger partial charge in [-0.25, -0.2) is 14.6 Å². The van der Waals surface area contributed by atoms with E-state index in [1.165, 1.54) is 0 Å². The number of para-hydroxylation sites is 1. The predicted octanol–water partition coefficient (Wildman–Crippen LogP) is 4.17. The Morgan fingerprint density at radius 1 is 1.03 bits per heavy atom. The fourth-order valence-corrected chi connectivity index (χ4v) is 3.77. The minimum atomic E-state index is 0.470. The summed E-state index contributed by atoms with van der Waals surface area (Å²) >= 11 is 6.62. The molecule has 4 aromatic heterocycles. The molecule has 0 bridgehead atoms. The highest BCUT2D eigenvalue weighted by atomic mass is 35.5. The van der Waals surface area contributed by atoms with Gasteiger partial charge in [-0.1, -0.05) is 23.7 Å². The maximum absolute atomic E-state index is 6.62. The normalized spacial score (nSPS) is 11.5. The maximum Gasteiger partial charge on any atom is 0.198 e. The summed E-state index contributed by atoms with van der Waals surface area (Å²) < 4.78 is 7.94. The Bertz CT molecular complexity index is 1310. The van der Waals surface area contributed by atoms with E-state index in [1.54, 1.807) is 30.9 Å². The van der Waals surface area contributed by atoms with Crippen LogP contribution in [0.4, 0.5) is 0 Å². The SMILES string of the molecule is NCCCc1nn(-c2c(-c3ncccn3)oc3cnccc23)c2c(Cl)cccc12. The van der Waals surface area contributed by atoms with E-state index < -0.39 is 0 Å². The average Bonchev–Trinajstić information content (AvgIpc) is 3.32. The molecule has 0 atom stereocenters. The molecule has 0 amide bonds. The molecule has 29 heavy (non-hydrogen) atoms. The number of nitrogens with zero attached hydrogens (tertiary/aromatic N) is 5. The van der Waals surface area contributed by atoms with Crippen LogP contribution in [0.2, 0.25) is 5.02 Å². The number of hydrogen-bond acceptors (Lipinski definition) is 6. The van der Waals surface area contributed by atoms with Gasteiger partial charge in [0.1, 0.15) is 5.69 Å². The van der Waals surface area contributed by atoms with Crippen LogP contribution in [-0.4, -0.2) is 31.3 Å². The fraction of sp³-hybridized carbons (Fsp3) is 0.143. The zero-order valence-corrected chi connectivity index (χ0v) is 16.2. The molecule has 0 spiro atoms. The van der Waals surface area contributed by atoms with Gasteiger partial charge in [0.05, 0.1) is 27.8 Å². The summed E-state index contributed by atoms with van der Waals surface area (Å²) in [5, 5.41) is 7.37. The lowest BCUT2D eigenvalue weighted by Crippen LogP contribution is -2.02. The second-order valence-electron chi connectivity index (χ2n) is 6.61. The van der Waals surface area contributed by atoms with Gasteiger partial charge in [0.2, 0.25) is 0 Å². The van der Waals surface area contributed by atoms with Crippen molar-refractivity contribution in [1.29, 1.82) is 0 Å². The molecule has 0 fully saturated rings. The van der Waals surface area contributed by atoms with Crippen molar-refractivity contribution in [2.75, 3.05) is 6.54 Å². The molecule has 0 aliphatic carbocycles. The molecule has 0 aliphatic rings. The van der Waals surface area contributed by atoms with Gasteiger partial charge in [0.15, 0.2) is 17.2 Å². The van der Waals surface area contributed by atoms with Crippen molar-refractivity contribution < 1.29 is 4.42 Å². The van der Waals surface area contributed by atoms with Crippen LogP contribution in [0.25, 0.3) is 39.1 Å². The summed E-state index contributed by atoms with van der Waals surface area (Å²) in [6, 6.07) is 9.47. The van der Waals surface area contributed by atoms with Crippen molar-refractivity contribution in [3.05, 3.63) is 65.8 Å². The molecule has 0 radical (unpaired) electrons. The van der Waals surface area contributed by atoms with Gasteiger partial charge < -0.3 is 10.2 Å². The number of nitrogens with two attached hydrogens (primary N) is 1. The number of aryl methyl sites for hydroxylation is 1. The van der Waals surface area contributed by atoms with Crippen molar-refractivity contribution in [2.24, 2.45) is 5.73 Å². The molecule has 8 heteroatoms. The van der Waals surface area contributed by atoms with E-state index in [-0.39, 0.29) is 0 Å². The van der Waals surface area contributed by atoms with Crippen molar-refractivity contribution in [1.82, 2.24) is 24.7 Å². The first-order valence-electron chi connectivity index (χ1n) is 9.28. The number of aromatic nitrogens is 5. The smallest absolute Gasteiger partial charge is 0.198 e. The van der Waals surface area contributed by atoms with E-state index in [2.05, 4.69) is 15.0 Å². The van der Waals surface area contributed by atoms with Crippen LogP contribution in [0.1, 0.15) is 12.1 Å². The fourth-order valence-electron chi connectivity index (χ4n) is 3.52. The highest BCUT2D eigenvalue weighted by Gasteiger charge is 2.24. The first kappa shape index (κ1) is 17.8. The lowest BCUT2D eigenvalue weighted by Gasteiger charge is -2.05. The van der Waals surface area contributed by atoms with Crippen molar-refractivity contribution in [3.8, 4) is 17.3 Å². The highest BCUT2D eigenvalue weighted by molar-refractivity contribution is 6.35. The Morgan fingerprint density at radius 3 is 2.72 bits per heavy atom. The average molecular weight is 405 g/mol. The van der Waals surface area contributed by atoms with Gasteiger partial charge in [0, 0.05) is 24.0 Å². The molecule has 0 saturated heterocycles. The van der Waals surface area contributed by atoms with E-state index in [0.29, 0.717) is 28.7 Å². The van der Waals surface area contributed by atoms with Gasteiger partial charge in [-0.3, -0.25) is 4.98 Å². The molecule has 5 rings (SSSR count). The van der Waals surface area contributed by atoms with Gasteiger partial charge in [-0.2, -0.15) is 5.10 Å². The third-order valence-electron chi connectivity index (χ3n) is 4.80. The van der Waals surface area contributed by atoms with Crippen molar-refractivity contribution in [2.45, 2.75) is 12.8 Å². The minimum absolute atomic E-state index is 0.470. The second-order valence-corrected chi connectivity index (χ2v) is 7.02. The lowest BCUT2D eigenvalue weighted by molar-refractivity contribution is 0.619. The largest absolute Gasteiger partial charge is 0.449 e. The zero-order valence-electron chi connectivity index (χ0n) is 15.4. The standard InChI is InChI=1S/C21H17ClN6O/c22-15-5-1-4-13-16(6-2-8-23)27-28(18(13)15)19-14-7-11-24-12-17(14)29-20(19)21-25-9-3-10-26-21/h1,3-5,7,9-12H,2,6,8,23H2. The molecule has 2 N–H and O–H groups in total. The molecule has 0 saturated carbocycles. The van der Waals surface area contributed by atoms with Crippen LogP contribution in [0, 0.1) is 0 Å². The molecular formula is C21H17ClN6O. The molecule has 0 aliphatic heterocycles. The van der Waals surface area contributed by atoms with Crippen LogP contribution in [0.5, 0.6) is 0 Å². The summed E-state index contributed by atoms with van der Waals surface area (Å²) in [4.78, 5) is 12.9. The van der Waals surface area contributed by atoms with Crippen LogP contribution in [0.3, 0.4) is 0 Å². The predicted molar refractivity (Wildman–Crippen MR) is 112 cm³/mol. The number of hydrogen-bond donors (Lipinski definition) is 1. The molecular weight excluding hydrogens is 388 g/mol. The van der Waals surface area contributed by atoms with E-state index in [0.717, 1.165) is 40.5 Å². The summed E-state index contributed by atoms with van der Waals surface area (Å²) in [6.45, 7) is 0.596. The molecule has 144 valence electrons. The van der Waals surface area contributed by atoms with E-state index in [1.807, 2.05) is 28.9 Å². The molecule has 5 aromatic rings. The van der Waals surface area contributed by atoms with Gasteiger partial charge in [-0.15, -0.1) is 0 Å². The maximum atomic E-state index is 6.62. The van der Waals surface area contributed by atoms with Crippen LogP contribution in [-0.2, 0) is 6.42 Å². The van der Waals surface area contributed by atoms with E-state index in [4.69, 9.17) is 26.9 Å². The molecule has 4 heterocycles. The first-order chi connectivity index (χ1) is 14.3. The van der Waals surface area contributed by atoms with Gasteiger partial charge in [0.25, 0.3) is 0 Å². The first-order valence-corrected chi connectivity index (χ1v) is 9.66. The Labute approximate surface area is 171 Å². The van der Waals surface area contributed by atoms with E-state index >= 15 is 0 Å². The minimum Gasteiger partial charge on any atom is -0.449 e. The molecule has 7 nitrogen and oxygen atoms in total. The van der Waals surface area contributed by atoms with Crippen LogP contribution >= 0.6 is 11.6 Å². The summed E-state index contributed by atoms with van der Waals surface area (Å²) in [6.07, 6.45) is 8.35.